The fraction of sp³-hybridized carbons (Fsp3) is 0.682. The van der Waals surface area contributed by atoms with Gasteiger partial charge in [-0.25, -0.2) is 9.78 Å². The summed E-state index contributed by atoms with van der Waals surface area (Å²) in [6.45, 7) is 13.3. The number of rotatable bonds is 3. The van der Waals surface area contributed by atoms with Gasteiger partial charge in [0.2, 0.25) is 0 Å². The van der Waals surface area contributed by atoms with Crippen molar-refractivity contribution in [2.75, 3.05) is 64.3 Å². The lowest BCUT2D eigenvalue weighted by atomic mass is 10.2. The third-order valence-corrected chi connectivity index (χ3v) is 5.95. The number of nitrogens with one attached hydrogen (secondary N) is 1. The number of piperazine rings is 2. The van der Waals surface area contributed by atoms with Gasteiger partial charge in [-0.05, 0) is 39.4 Å². The first-order chi connectivity index (χ1) is 14.8. The van der Waals surface area contributed by atoms with Crippen LogP contribution in [0.1, 0.15) is 26.3 Å². The molecule has 1 amide bonds. The molecule has 10 heteroatoms. The van der Waals surface area contributed by atoms with Gasteiger partial charge in [-0.3, -0.25) is 4.99 Å². The number of ether oxygens (including phenoxy) is 1. The molecule has 1 aromatic rings. The van der Waals surface area contributed by atoms with E-state index < -0.39 is 5.60 Å². The number of amides is 1. The van der Waals surface area contributed by atoms with Crippen molar-refractivity contribution in [2.24, 2.45) is 4.99 Å². The second-order valence-corrected chi connectivity index (χ2v) is 9.61. The zero-order chi connectivity index (χ0) is 22.0. The SMILES string of the molecule is CN1CCN(c2ccc(CNC3=NCC4CN(C(=O)OC(C)(C)C)CCN34)cn2)CC1.I. The number of fused-ring (bicyclic) bond motifs is 1. The molecule has 0 radical (unpaired) electrons. The Kier molecular flexibility index (Phi) is 8.07. The molecule has 4 heterocycles. The molecule has 4 rings (SSSR count). The van der Waals surface area contributed by atoms with E-state index in [0.717, 1.165) is 50.1 Å². The minimum Gasteiger partial charge on any atom is -0.444 e. The minimum atomic E-state index is -0.471. The number of anilines is 1. The van der Waals surface area contributed by atoms with Crippen molar-refractivity contribution in [3.63, 3.8) is 0 Å². The van der Waals surface area contributed by atoms with Gasteiger partial charge in [-0.2, -0.15) is 0 Å². The van der Waals surface area contributed by atoms with E-state index in [0.29, 0.717) is 26.2 Å². The van der Waals surface area contributed by atoms with E-state index in [1.807, 2.05) is 27.0 Å². The molecule has 3 aliphatic heterocycles. The van der Waals surface area contributed by atoms with E-state index in [4.69, 9.17) is 4.74 Å². The zero-order valence-corrected chi connectivity index (χ0v) is 21.9. The Labute approximate surface area is 208 Å². The molecule has 0 bridgehead atoms. The quantitative estimate of drug-likeness (QED) is 0.569. The molecule has 0 aliphatic carbocycles. The molecule has 2 fully saturated rings. The molecule has 0 spiro atoms. The van der Waals surface area contributed by atoms with Gasteiger partial charge in [0.1, 0.15) is 11.4 Å². The van der Waals surface area contributed by atoms with Gasteiger partial charge in [0.25, 0.3) is 0 Å². The Morgan fingerprint density at radius 3 is 2.56 bits per heavy atom. The van der Waals surface area contributed by atoms with Crippen molar-refractivity contribution in [3.05, 3.63) is 23.9 Å². The van der Waals surface area contributed by atoms with Crippen molar-refractivity contribution in [2.45, 2.75) is 39.0 Å². The van der Waals surface area contributed by atoms with E-state index in [9.17, 15) is 4.79 Å². The molecule has 1 aromatic heterocycles. The summed E-state index contributed by atoms with van der Waals surface area (Å²) in [7, 11) is 2.16. The number of nitrogens with zero attached hydrogens (tertiary/aromatic N) is 6. The average molecular weight is 557 g/mol. The highest BCUT2D eigenvalue weighted by molar-refractivity contribution is 14.0. The molecule has 3 aliphatic rings. The Hall–Kier alpha value is -1.82. The lowest BCUT2D eigenvalue weighted by molar-refractivity contribution is 0.0137. The van der Waals surface area contributed by atoms with Crippen molar-refractivity contribution in [1.82, 2.24) is 25.0 Å². The van der Waals surface area contributed by atoms with E-state index >= 15 is 0 Å². The monoisotopic (exact) mass is 557 g/mol. The molecular formula is C22H36IN7O2. The van der Waals surface area contributed by atoms with Crippen LogP contribution in [0.3, 0.4) is 0 Å². The van der Waals surface area contributed by atoms with Crippen molar-refractivity contribution < 1.29 is 9.53 Å². The third-order valence-electron chi connectivity index (χ3n) is 5.95. The summed E-state index contributed by atoms with van der Waals surface area (Å²) in [6, 6.07) is 4.46. The molecular weight excluding hydrogens is 521 g/mol. The Morgan fingerprint density at radius 1 is 1.16 bits per heavy atom. The van der Waals surface area contributed by atoms with Crippen molar-refractivity contribution in [1.29, 1.82) is 0 Å². The molecule has 32 heavy (non-hydrogen) atoms. The van der Waals surface area contributed by atoms with E-state index in [-0.39, 0.29) is 36.1 Å². The first kappa shape index (κ1) is 24.8. The molecule has 9 nitrogen and oxygen atoms in total. The van der Waals surface area contributed by atoms with Gasteiger partial charge in [0.05, 0.1) is 12.6 Å². The van der Waals surface area contributed by atoms with Crippen LogP contribution >= 0.6 is 24.0 Å². The lowest BCUT2D eigenvalue weighted by Crippen LogP contribution is -2.57. The maximum absolute atomic E-state index is 12.4. The number of likely N-dealkylation sites (N-methyl/N-ethyl adjacent to an activating group) is 1. The van der Waals surface area contributed by atoms with Crippen LogP contribution in [-0.4, -0.2) is 103 Å². The topological polar surface area (TPSA) is 76.5 Å². The second-order valence-electron chi connectivity index (χ2n) is 9.61. The number of pyridine rings is 1. The Bertz CT molecular complexity index is 803. The number of hydrogen-bond donors (Lipinski definition) is 1. The van der Waals surface area contributed by atoms with Crippen LogP contribution in [0.2, 0.25) is 0 Å². The van der Waals surface area contributed by atoms with Crippen LogP contribution in [0, 0.1) is 0 Å². The highest BCUT2D eigenvalue weighted by Crippen LogP contribution is 2.19. The molecule has 178 valence electrons. The van der Waals surface area contributed by atoms with Gasteiger partial charge < -0.3 is 29.7 Å². The molecule has 2 saturated heterocycles. The van der Waals surface area contributed by atoms with E-state index in [1.54, 1.807) is 4.90 Å². The number of carbonyl (C=O) groups excluding carboxylic acids is 1. The predicted molar refractivity (Wildman–Crippen MR) is 137 cm³/mol. The first-order valence-corrected chi connectivity index (χ1v) is 11.2. The number of halogens is 1. The van der Waals surface area contributed by atoms with Crippen LogP contribution < -0.4 is 10.2 Å². The van der Waals surface area contributed by atoms with Crippen LogP contribution in [-0.2, 0) is 11.3 Å². The highest BCUT2D eigenvalue weighted by Gasteiger charge is 2.36. The minimum absolute atomic E-state index is 0. The molecule has 1 unspecified atom stereocenters. The number of guanidine groups is 1. The van der Waals surface area contributed by atoms with Crippen LogP contribution in [0.15, 0.2) is 23.3 Å². The summed E-state index contributed by atoms with van der Waals surface area (Å²) in [5.74, 6) is 1.96. The van der Waals surface area contributed by atoms with E-state index in [1.165, 1.54) is 0 Å². The molecule has 1 atom stereocenters. The smallest absolute Gasteiger partial charge is 0.410 e. The fourth-order valence-electron chi connectivity index (χ4n) is 4.15. The van der Waals surface area contributed by atoms with Gasteiger partial charge in [-0.15, -0.1) is 24.0 Å². The first-order valence-electron chi connectivity index (χ1n) is 11.2. The Balaban J connectivity index is 0.00000289. The van der Waals surface area contributed by atoms with Gasteiger partial charge in [-0.1, -0.05) is 6.07 Å². The Morgan fingerprint density at radius 2 is 1.91 bits per heavy atom. The lowest BCUT2D eigenvalue weighted by Gasteiger charge is -2.39. The largest absolute Gasteiger partial charge is 0.444 e. The fourth-order valence-corrected chi connectivity index (χ4v) is 4.15. The van der Waals surface area contributed by atoms with Crippen LogP contribution in [0.4, 0.5) is 10.6 Å². The van der Waals surface area contributed by atoms with Crippen molar-refractivity contribution in [3.8, 4) is 0 Å². The summed E-state index contributed by atoms with van der Waals surface area (Å²) in [5.41, 5.74) is 0.664. The summed E-state index contributed by atoms with van der Waals surface area (Å²) in [4.78, 5) is 30.5. The predicted octanol–water partition coefficient (Wildman–Crippen LogP) is 1.83. The maximum atomic E-state index is 12.4. The number of aromatic nitrogens is 1. The summed E-state index contributed by atoms with van der Waals surface area (Å²) in [6.07, 6.45) is 1.72. The van der Waals surface area contributed by atoms with Crippen LogP contribution in [0.25, 0.3) is 0 Å². The highest BCUT2D eigenvalue weighted by atomic mass is 127. The number of hydrogen-bond acceptors (Lipinski definition) is 8. The molecule has 1 N–H and O–H groups in total. The number of aliphatic imine (C=N–C) groups is 1. The van der Waals surface area contributed by atoms with Gasteiger partial charge >= 0.3 is 6.09 Å². The molecule has 0 saturated carbocycles. The normalized spacial score (nSPS) is 21.6. The zero-order valence-electron chi connectivity index (χ0n) is 19.6. The van der Waals surface area contributed by atoms with Gasteiger partial charge in [0.15, 0.2) is 5.96 Å². The van der Waals surface area contributed by atoms with Crippen LogP contribution in [0.5, 0.6) is 0 Å². The summed E-state index contributed by atoms with van der Waals surface area (Å²) < 4.78 is 5.52. The summed E-state index contributed by atoms with van der Waals surface area (Å²) >= 11 is 0. The average Bonchev–Trinajstić information content (AvgIpc) is 3.14. The van der Waals surface area contributed by atoms with Gasteiger partial charge in [0, 0.05) is 58.6 Å². The van der Waals surface area contributed by atoms with E-state index in [2.05, 4.69) is 49.2 Å². The standard InChI is InChI=1S/C22H35N7O2.HI/c1-22(2,3)31-21(30)28-11-12-29-18(16-28)15-25-20(29)24-14-17-5-6-19(23-13-17)27-9-7-26(4)8-10-27;/h5-6,13,18H,7-12,14-16H2,1-4H3,(H,24,25);1H. The van der Waals surface area contributed by atoms with Crippen molar-refractivity contribution >= 4 is 41.8 Å². The third kappa shape index (κ3) is 6.15. The second kappa shape index (κ2) is 10.4. The summed E-state index contributed by atoms with van der Waals surface area (Å²) in [5, 5.41) is 3.47. The maximum Gasteiger partial charge on any atom is 0.410 e. The number of carbonyl (C=O) groups is 1. The molecule has 0 aromatic carbocycles.